The van der Waals surface area contributed by atoms with Crippen LogP contribution in [-0.2, 0) is 22.6 Å². The molecule has 2 aliphatic rings. The molecular formula is C19H24N6O2. The Kier molecular flexibility index (Phi) is 4.63. The first kappa shape index (κ1) is 17.6. The van der Waals surface area contributed by atoms with E-state index in [0.29, 0.717) is 19.4 Å². The van der Waals surface area contributed by atoms with Gasteiger partial charge in [-0.15, -0.1) is 5.10 Å². The van der Waals surface area contributed by atoms with Gasteiger partial charge in [0.05, 0.1) is 5.41 Å². The molecule has 2 saturated heterocycles. The number of benzene rings is 1. The standard InChI is InChI=1S/C19H24N6O2/c1-2-20-18(27)19(10-14-6-4-3-5-7-14)11-15-8-9-16(19)25(15)17(26)12-24-13-21-22-23-24/h3-7,13,15-16H,2,8-12H2,1H3,(H,20,27)/t15-,16+,19+/m0/s1. The van der Waals surface area contributed by atoms with Crippen LogP contribution in [0.1, 0.15) is 31.7 Å². The molecule has 142 valence electrons. The number of nitrogens with zero attached hydrogens (tertiary/aromatic N) is 5. The fraction of sp³-hybridized carbons (Fsp3) is 0.526. The number of carbonyl (C=O) groups is 2. The van der Waals surface area contributed by atoms with E-state index in [-0.39, 0.29) is 30.4 Å². The maximum atomic E-state index is 13.2. The van der Waals surface area contributed by atoms with Gasteiger partial charge in [0.2, 0.25) is 11.8 Å². The summed E-state index contributed by atoms with van der Waals surface area (Å²) in [6, 6.07) is 10.1. The van der Waals surface area contributed by atoms with Crippen molar-refractivity contribution in [1.29, 1.82) is 0 Å². The van der Waals surface area contributed by atoms with E-state index in [1.165, 1.54) is 11.0 Å². The van der Waals surface area contributed by atoms with Crippen LogP contribution in [0.3, 0.4) is 0 Å². The smallest absolute Gasteiger partial charge is 0.244 e. The van der Waals surface area contributed by atoms with Crippen LogP contribution in [0.2, 0.25) is 0 Å². The Hall–Kier alpha value is -2.77. The third-order valence-corrected chi connectivity index (χ3v) is 5.87. The molecule has 0 radical (unpaired) electrons. The molecular weight excluding hydrogens is 344 g/mol. The van der Waals surface area contributed by atoms with Gasteiger partial charge in [0.25, 0.3) is 0 Å². The van der Waals surface area contributed by atoms with Gasteiger partial charge in [-0.05, 0) is 48.6 Å². The van der Waals surface area contributed by atoms with Crippen LogP contribution in [0, 0.1) is 5.41 Å². The highest BCUT2D eigenvalue weighted by Crippen LogP contribution is 2.51. The van der Waals surface area contributed by atoms with Crippen molar-refractivity contribution in [3.05, 3.63) is 42.2 Å². The van der Waals surface area contributed by atoms with Crippen LogP contribution in [-0.4, -0.2) is 55.5 Å². The van der Waals surface area contributed by atoms with Crippen molar-refractivity contribution in [1.82, 2.24) is 30.4 Å². The number of hydrogen-bond donors (Lipinski definition) is 1. The SMILES string of the molecule is CCNC(=O)[C@]1(Cc2ccccc2)C[C@@H]2CC[C@H]1N2C(=O)Cn1cnnn1. The van der Waals surface area contributed by atoms with Crippen LogP contribution in [0.5, 0.6) is 0 Å². The van der Waals surface area contributed by atoms with E-state index < -0.39 is 5.41 Å². The minimum atomic E-state index is -0.573. The molecule has 0 unspecified atom stereocenters. The lowest BCUT2D eigenvalue weighted by Crippen LogP contribution is -2.51. The van der Waals surface area contributed by atoms with Crippen molar-refractivity contribution in [2.24, 2.45) is 5.41 Å². The highest BCUT2D eigenvalue weighted by atomic mass is 16.2. The van der Waals surface area contributed by atoms with Crippen molar-refractivity contribution in [3.8, 4) is 0 Å². The Labute approximate surface area is 157 Å². The van der Waals surface area contributed by atoms with Gasteiger partial charge in [-0.3, -0.25) is 9.59 Å². The summed E-state index contributed by atoms with van der Waals surface area (Å²) >= 11 is 0. The summed E-state index contributed by atoms with van der Waals surface area (Å²) in [5, 5.41) is 14.0. The van der Waals surface area contributed by atoms with Gasteiger partial charge in [0, 0.05) is 18.6 Å². The van der Waals surface area contributed by atoms with Crippen LogP contribution in [0.4, 0.5) is 0 Å². The molecule has 2 amide bonds. The number of amides is 2. The van der Waals surface area contributed by atoms with Gasteiger partial charge < -0.3 is 10.2 Å². The highest BCUT2D eigenvalue weighted by Gasteiger charge is 2.60. The molecule has 1 aromatic heterocycles. The Morgan fingerprint density at radius 1 is 1.26 bits per heavy atom. The molecule has 1 aromatic carbocycles. The molecule has 3 atom stereocenters. The van der Waals surface area contributed by atoms with Crippen molar-refractivity contribution in [3.63, 3.8) is 0 Å². The maximum Gasteiger partial charge on any atom is 0.244 e. The first-order chi connectivity index (χ1) is 13.1. The minimum Gasteiger partial charge on any atom is -0.356 e. The number of fused-ring (bicyclic) bond motifs is 2. The molecule has 27 heavy (non-hydrogen) atoms. The normalized spacial score (nSPS) is 26.3. The number of carbonyl (C=O) groups excluding carboxylic acids is 2. The van der Waals surface area contributed by atoms with Crippen LogP contribution < -0.4 is 5.32 Å². The second-order valence-electron chi connectivity index (χ2n) is 7.44. The molecule has 8 heteroatoms. The fourth-order valence-electron chi connectivity index (χ4n) is 4.84. The lowest BCUT2D eigenvalue weighted by Gasteiger charge is -2.36. The average Bonchev–Trinajstić information content (AvgIpc) is 3.38. The summed E-state index contributed by atoms with van der Waals surface area (Å²) in [5.74, 6) is 0.0373. The molecule has 0 saturated carbocycles. The third-order valence-electron chi connectivity index (χ3n) is 5.87. The molecule has 2 aliphatic heterocycles. The fourth-order valence-corrected chi connectivity index (χ4v) is 4.84. The Morgan fingerprint density at radius 3 is 2.78 bits per heavy atom. The summed E-state index contributed by atoms with van der Waals surface area (Å²) in [4.78, 5) is 28.1. The molecule has 0 spiro atoms. The van der Waals surface area contributed by atoms with E-state index in [2.05, 4.69) is 33.0 Å². The zero-order chi connectivity index (χ0) is 18.9. The number of nitrogens with one attached hydrogen (secondary N) is 1. The first-order valence-corrected chi connectivity index (χ1v) is 9.48. The Bertz CT molecular complexity index is 809. The molecule has 2 fully saturated rings. The molecule has 0 aliphatic carbocycles. The molecule has 2 aromatic rings. The van der Waals surface area contributed by atoms with Gasteiger partial charge in [0.15, 0.2) is 0 Å². The molecule has 1 N–H and O–H groups in total. The summed E-state index contributed by atoms with van der Waals surface area (Å²) in [7, 11) is 0. The van der Waals surface area contributed by atoms with Gasteiger partial charge in [-0.1, -0.05) is 30.3 Å². The first-order valence-electron chi connectivity index (χ1n) is 9.48. The lowest BCUT2D eigenvalue weighted by molar-refractivity contribution is -0.137. The number of tetrazole rings is 1. The van der Waals surface area contributed by atoms with Crippen molar-refractivity contribution < 1.29 is 9.59 Å². The zero-order valence-electron chi connectivity index (χ0n) is 15.4. The second kappa shape index (κ2) is 7.09. The van der Waals surface area contributed by atoms with Crippen LogP contribution in [0.15, 0.2) is 36.7 Å². The van der Waals surface area contributed by atoms with Crippen molar-refractivity contribution in [2.75, 3.05) is 6.54 Å². The summed E-state index contributed by atoms with van der Waals surface area (Å²) in [6.45, 7) is 2.63. The van der Waals surface area contributed by atoms with E-state index in [0.717, 1.165) is 18.4 Å². The predicted molar refractivity (Wildman–Crippen MR) is 97.4 cm³/mol. The van der Waals surface area contributed by atoms with Gasteiger partial charge in [-0.2, -0.15) is 0 Å². The van der Waals surface area contributed by atoms with Crippen molar-refractivity contribution in [2.45, 2.75) is 51.2 Å². The van der Waals surface area contributed by atoms with E-state index in [1.807, 2.05) is 30.0 Å². The van der Waals surface area contributed by atoms with E-state index in [1.54, 1.807) is 0 Å². The molecule has 2 bridgehead atoms. The lowest BCUT2D eigenvalue weighted by atomic mass is 9.69. The number of aromatic nitrogens is 4. The summed E-state index contributed by atoms with van der Waals surface area (Å²) in [6.07, 6.45) is 4.60. The van der Waals surface area contributed by atoms with Crippen LogP contribution >= 0.6 is 0 Å². The monoisotopic (exact) mass is 368 g/mol. The van der Waals surface area contributed by atoms with Gasteiger partial charge in [-0.25, -0.2) is 4.68 Å². The minimum absolute atomic E-state index is 0.0194. The largest absolute Gasteiger partial charge is 0.356 e. The molecule has 8 nitrogen and oxygen atoms in total. The zero-order valence-corrected chi connectivity index (χ0v) is 15.4. The topological polar surface area (TPSA) is 93.0 Å². The Morgan fingerprint density at radius 2 is 2.07 bits per heavy atom. The van der Waals surface area contributed by atoms with Gasteiger partial charge in [0.1, 0.15) is 12.9 Å². The Balaban J connectivity index is 1.62. The average molecular weight is 368 g/mol. The highest BCUT2D eigenvalue weighted by molar-refractivity contribution is 5.87. The molecule has 4 rings (SSSR count). The molecule has 3 heterocycles. The van der Waals surface area contributed by atoms with E-state index >= 15 is 0 Å². The van der Waals surface area contributed by atoms with E-state index in [9.17, 15) is 9.59 Å². The maximum absolute atomic E-state index is 13.2. The predicted octanol–water partition coefficient (Wildman–Crippen LogP) is 0.802. The third kappa shape index (κ3) is 3.09. The van der Waals surface area contributed by atoms with Gasteiger partial charge >= 0.3 is 0 Å². The summed E-state index contributed by atoms with van der Waals surface area (Å²) in [5.41, 5.74) is 0.556. The summed E-state index contributed by atoms with van der Waals surface area (Å²) < 4.78 is 1.44. The quantitative estimate of drug-likeness (QED) is 0.814. The van der Waals surface area contributed by atoms with Crippen LogP contribution in [0.25, 0.3) is 0 Å². The van der Waals surface area contributed by atoms with Crippen molar-refractivity contribution >= 4 is 11.8 Å². The number of hydrogen-bond acceptors (Lipinski definition) is 5. The number of rotatable bonds is 6. The second-order valence-corrected chi connectivity index (χ2v) is 7.44. The van der Waals surface area contributed by atoms with E-state index in [4.69, 9.17) is 0 Å².